The van der Waals surface area contributed by atoms with Gasteiger partial charge in [0, 0.05) is 19.3 Å². The fraction of sp³-hybridized carbons (Fsp3) is 0.500. The van der Waals surface area contributed by atoms with Gasteiger partial charge in [-0.15, -0.1) is 0 Å². The summed E-state index contributed by atoms with van der Waals surface area (Å²) in [6.45, 7) is 0.945. The van der Waals surface area contributed by atoms with Crippen LogP contribution in [0.4, 0.5) is 15.8 Å². The van der Waals surface area contributed by atoms with E-state index in [1.54, 1.807) is 12.1 Å². The number of anilines is 2. The molecular weight excluding hydrogens is 191 g/mol. The van der Waals surface area contributed by atoms with E-state index >= 15 is 0 Å². The minimum Gasteiger partial charge on any atom is -0.399 e. The Morgan fingerprint density at radius 2 is 2.20 bits per heavy atom. The van der Waals surface area contributed by atoms with Crippen LogP contribution < -0.4 is 10.6 Å². The van der Waals surface area contributed by atoms with Crippen LogP contribution in [0, 0.1) is 11.7 Å². The average Bonchev–Trinajstić information content (AvgIpc) is 2.11. The van der Waals surface area contributed by atoms with Crippen molar-refractivity contribution >= 4 is 11.4 Å². The molecule has 2 N–H and O–H groups in total. The van der Waals surface area contributed by atoms with Crippen LogP contribution in [0.25, 0.3) is 0 Å². The Labute approximate surface area is 89.9 Å². The van der Waals surface area contributed by atoms with E-state index in [2.05, 4.69) is 0 Å². The molecule has 0 aromatic heterocycles. The Balaban J connectivity index is 2.06. The number of rotatable bonds is 3. The molecule has 0 aliphatic heterocycles. The third-order valence-corrected chi connectivity index (χ3v) is 3.14. The maximum absolute atomic E-state index is 13.6. The van der Waals surface area contributed by atoms with Gasteiger partial charge in [0.2, 0.25) is 0 Å². The normalized spacial score (nSPS) is 16.1. The first kappa shape index (κ1) is 10.3. The minimum absolute atomic E-state index is 0.225. The molecule has 2 nitrogen and oxygen atoms in total. The molecule has 0 saturated heterocycles. The smallest absolute Gasteiger partial charge is 0.148 e. The van der Waals surface area contributed by atoms with Crippen LogP contribution in [0.1, 0.15) is 19.3 Å². The van der Waals surface area contributed by atoms with Crippen molar-refractivity contribution in [3.63, 3.8) is 0 Å². The molecule has 2 rings (SSSR count). The summed E-state index contributed by atoms with van der Waals surface area (Å²) in [7, 11) is 1.94. The van der Waals surface area contributed by atoms with Gasteiger partial charge in [0.25, 0.3) is 0 Å². The molecule has 1 aromatic carbocycles. The molecule has 1 aliphatic rings. The number of nitrogens with zero attached hydrogens (tertiary/aromatic N) is 1. The van der Waals surface area contributed by atoms with Gasteiger partial charge < -0.3 is 10.6 Å². The van der Waals surface area contributed by atoms with Crippen LogP contribution in [-0.4, -0.2) is 13.6 Å². The lowest BCUT2D eigenvalue weighted by Gasteiger charge is -2.31. The van der Waals surface area contributed by atoms with Gasteiger partial charge in [-0.2, -0.15) is 0 Å². The molecule has 0 atom stereocenters. The molecule has 15 heavy (non-hydrogen) atoms. The van der Waals surface area contributed by atoms with Gasteiger partial charge >= 0.3 is 0 Å². The SMILES string of the molecule is CN(CC1CCC1)c1ccc(N)cc1F. The number of nitrogens with two attached hydrogens (primary N) is 1. The summed E-state index contributed by atoms with van der Waals surface area (Å²) in [5, 5.41) is 0. The third-order valence-electron chi connectivity index (χ3n) is 3.14. The van der Waals surface area contributed by atoms with Crippen molar-refractivity contribution in [1.82, 2.24) is 0 Å². The number of nitrogen functional groups attached to an aromatic ring is 1. The molecule has 1 aliphatic carbocycles. The van der Waals surface area contributed by atoms with Crippen LogP contribution in [0.3, 0.4) is 0 Å². The van der Waals surface area contributed by atoms with Crippen molar-refractivity contribution in [3.05, 3.63) is 24.0 Å². The molecule has 0 heterocycles. The Kier molecular flexibility index (Phi) is 2.80. The maximum Gasteiger partial charge on any atom is 0.148 e. The minimum atomic E-state index is -0.225. The summed E-state index contributed by atoms with van der Waals surface area (Å²) in [5.74, 6) is 0.517. The summed E-state index contributed by atoms with van der Waals surface area (Å²) < 4.78 is 13.6. The van der Waals surface area contributed by atoms with E-state index < -0.39 is 0 Å². The standard InChI is InChI=1S/C12H17FN2/c1-15(8-9-3-2-4-9)12-6-5-10(14)7-11(12)13/h5-7,9H,2-4,8,14H2,1H3. The van der Waals surface area contributed by atoms with E-state index in [1.807, 2.05) is 11.9 Å². The summed E-state index contributed by atoms with van der Waals surface area (Å²) in [4.78, 5) is 1.98. The van der Waals surface area contributed by atoms with Gasteiger partial charge in [0.1, 0.15) is 5.82 Å². The quantitative estimate of drug-likeness (QED) is 0.774. The molecule has 0 bridgehead atoms. The van der Waals surface area contributed by atoms with Crippen molar-refractivity contribution in [1.29, 1.82) is 0 Å². The highest BCUT2D eigenvalue weighted by Gasteiger charge is 2.20. The second-order valence-electron chi connectivity index (χ2n) is 4.39. The van der Waals surface area contributed by atoms with Gasteiger partial charge in [-0.1, -0.05) is 6.42 Å². The molecule has 1 saturated carbocycles. The van der Waals surface area contributed by atoms with Crippen LogP contribution >= 0.6 is 0 Å². The Hall–Kier alpha value is -1.25. The summed E-state index contributed by atoms with van der Waals surface area (Å²) in [6, 6.07) is 4.88. The van der Waals surface area contributed by atoms with Crippen molar-refractivity contribution in [2.24, 2.45) is 5.92 Å². The van der Waals surface area contributed by atoms with Gasteiger partial charge in [0.05, 0.1) is 5.69 Å². The van der Waals surface area contributed by atoms with Crippen LogP contribution in [0.5, 0.6) is 0 Å². The van der Waals surface area contributed by atoms with Gasteiger partial charge in [-0.25, -0.2) is 4.39 Å². The second-order valence-corrected chi connectivity index (χ2v) is 4.39. The lowest BCUT2D eigenvalue weighted by atomic mass is 9.85. The molecule has 0 unspecified atom stereocenters. The number of halogens is 1. The monoisotopic (exact) mass is 208 g/mol. The van der Waals surface area contributed by atoms with Crippen LogP contribution in [0.15, 0.2) is 18.2 Å². The van der Waals surface area contributed by atoms with E-state index in [9.17, 15) is 4.39 Å². The van der Waals surface area contributed by atoms with E-state index in [-0.39, 0.29) is 5.82 Å². The highest BCUT2D eigenvalue weighted by atomic mass is 19.1. The van der Waals surface area contributed by atoms with E-state index in [1.165, 1.54) is 25.3 Å². The van der Waals surface area contributed by atoms with E-state index in [0.717, 1.165) is 12.5 Å². The summed E-state index contributed by atoms with van der Waals surface area (Å²) in [5.41, 5.74) is 6.64. The third kappa shape index (κ3) is 2.22. The lowest BCUT2D eigenvalue weighted by molar-refractivity contribution is 0.321. The first-order chi connectivity index (χ1) is 7.16. The van der Waals surface area contributed by atoms with Crippen LogP contribution in [-0.2, 0) is 0 Å². The number of hydrogen-bond acceptors (Lipinski definition) is 2. The van der Waals surface area contributed by atoms with Crippen molar-refractivity contribution in [3.8, 4) is 0 Å². The fourth-order valence-corrected chi connectivity index (χ4v) is 1.99. The predicted molar refractivity (Wildman–Crippen MR) is 61.4 cm³/mol. The van der Waals surface area contributed by atoms with Gasteiger partial charge in [-0.3, -0.25) is 0 Å². The average molecular weight is 208 g/mol. The first-order valence-electron chi connectivity index (χ1n) is 5.43. The predicted octanol–water partition coefficient (Wildman–Crippen LogP) is 2.64. The Morgan fingerprint density at radius 3 is 2.73 bits per heavy atom. The van der Waals surface area contributed by atoms with Gasteiger partial charge in [-0.05, 0) is 37.0 Å². The van der Waals surface area contributed by atoms with Crippen molar-refractivity contribution in [2.45, 2.75) is 19.3 Å². The Morgan fingerprint density at radius 1 is 1.47 bits per heavy atom. The highest BCUT2D eigenvalue weighted by Crippen LogP contribution is 2.29. The lowest BCUT2D eigenvalue weighted by Crippen LogP contribution is -2.29. The zero-order valence-corrected chi connectivity index (χ0v) is 9.04. The zero-order chi connectivity index (χ0) is 10.8. The molecule has 1 fully saturated rings. The number of hydrogen-bond donors (Lipinski definition) is 1. The zero-order valence-electron chi connectivity index (χ0n) is 9.04. The largest absolute Gasteiger partial charge is 0.399 e. The maximum atomic E-state index is 13.6. The topological polar surface area (TPSA) is 29.3 Å². The van der Waals surface area contributed by atoms with Crippen molar-refractivity contribution in [2.75, 3.05) is 24.2 Å². The van der Waals surface area contributed by atoms with E-state index in [4.69, 9.17) is 5.73 Å². The first-order valence-corrected chi connectivity index (χ1v) is 5.43. The van der Waals surface area contributed by atoms with Gasteiger partial charge in [0.15, 0.2) is 0 Å². The molecule has 0 radical (unpaired) electrons. The molecule has 82 valence electrons. The Bertz CT molecular complexity index is 347. The second kappa shape index (κ2) is 4.09. The summed E-state index contributed by atoms with van der Waals surface area (Å²) >= 11 is 0. The number of benzene rings is 1. The van der Waals surface area contributed by atoms with Crippen LogP contribution in [0.2, 0.25) is 0 Å². The fourth-order valence-electron chi connectivity index (χ4n) is 1.99. The molecule has 1 aromatic rings. The van der Waals surface area contributed by atoms with E-state index in [0.29, 0.717) is 11.4 Å². The molecule has 0 amide bonds. The highest BCUT2D eigenvalue weighted by molar-refractivity contribution is 5.54. The molecule has 0 spiro atoms. The van der Waals surface area contributed by atoms with Crippen molar-refractivity contribution < 1.29 is 4.39 Å². The molecule has 3 heteroatoms. The summed E-state index contributed by atoms with van der Waals surface area (Å²) in [6.07, 6.45) is 3.88. The molecular formula is C12H17FN2.